The molecule has 0 aromatic heterocycles. The van der Waals surface area contributed by atoms with Gasteiger partial charge in [-0.05, 0) is 42.7 Å². The quantitative estimate of drug-likeness (QED) is 0.756. The smallest absolute Gasteiger partial charge is 0.314 e. The molecule has 4 nitrogen and oxygen atoms in total. The van der Waals surface area contributed by atoms with Crippen molar-refractivity contribution in [2.75, 3.05) is 19.7 Å². The molecule has 3 N–H and O–H groups in total. The number of benzene rings is 1. The Morgan fingerprint density at radius 3 is 2.91 bits per heavy atom. The van der Waals surface area contributed by atoms with Gasteiger partial charge < -0.3 is 15.7 Å². The molecule has 1 aromatic carbocycles. The monoisotopic (exact) mass is 304 g/mol. The van der Waals surface area contributed by atoms with E-state index >= 15 is 0 Å². The van der Waals surface area contributed by atoms with Crippen LogP contribution < -0.4 is 10.6 Å². The van der Waals surface area contributed by atoms with E-state index < -0.39 is 0 Å². The highest BCUT2D eigenvalue weighted by Gasteiger charge is 2.31. The largest absolute Gasteiger partial charge is 0.396 e. The Labute approximate surface area is 133 Å². The maximum Gasteiger partial charge on any atom is 0.314 e. The zero-order valence-electron chi connectivity index (χ0n) is 13.7. The van der Waals surface area contributed by atoms with Gasteiger partial charge in [-0.3, -0.25) is 0 Å². The van der Waals surface area contributed by atoms with Crippen molar-refractivity contribution in [3.05, 3.63) is 35.4 Å². The molecule has 4 heteroatoms. The molecular weight excluding hydrogens is 276 g/mol. The van der Waals surface area contributed by atoms with Gasteiger partial charge in [-0.2, -0.15) is 0 Å². The molecule has 0 fully saturated rings. The molecule has 2 amide bonds. The van der Waals surface area contributed by atoms with Gasteiger partial charge in [-0.15, -0.1) is 0 Å². The molecule has 22 heavy (non-hydrogen) atoms. The van der Waals surface area contributed by atoms with E-state index in [4.69, 9.17) is 5.11 Å². The molecule has 0 saturated carbocycles. The number of nitrogens with one attached hydrogen (secondary N) is 2. The van der Waals surface area contributed by atoms with Crippen molar-refractivity contribution in [2.45, 2.75) is 44.9 Å². The third kappa shape index (κ3) is 4.23. The molecule has 0 heterocycles. The molecule has 1 aliphatic carbocycles. The number of aliphatic hydroxyl groups is 1. The van der Waals surface area contributed by atoms with Gasteiger partial charge in [0.1, 0.15) is 0 Å². The van der Waals surface area contributed by atoms with Crippen molar-refractivity contribution in [3.63, 3.8) is 0 Å². The van der Waals surface area contributed by atoms with E-state index in [-0.39, 0.29) is 18.1 Å². The lowest BCUT2D eigenvalue weighted by Gasteiger charge is -2.36. The van der Waals surface area contributed by atoms with E-state index in [1.54, 1.807) is 0 Å². The molecule has 2 atom stereocenters. The second kappa shape index (κ2) is 7.63. The third-order valence-electron chi connectivity index (χ3n) is 4.71. The molecule has 0 radical (unpaired) electrons. The Morgan fingerprint density at radius 2 is 2.14 bits per heavy atom. The summed E-state index contributed by atoms with van der Waals surface area (Å²) in [7, 11) is 0. The first-order chi connectivity index (χ1) is 10.5. The Morgan fingerprint density at radius 1 is 1.36 bits per heavy atom. The standard InChI is InChI=1S/C18H28N2O2/c1-14(9-11-21)12-19-17(22)20-13-18(2)10-5-7-15-6-3-4-8-16(15)18/h3-4,6,8,14,21H,5,7,9-13H2,1-2H3,(H2,19,20,22). The number of carbonyl (C=O) groups is 1. The van der Waals surface area contributed by atoms with Crippen molar-refractivity contribution in [1.82, 2.24) is 10.6 Å². The first-order valence-corrected chi connectivity index (χ1v) is 8.26. The summed E-state index contributed by atoms with van der Waals surface area (Å²) in [5.41, 5.74) is 2.80. The summed E-state index contributed by atoms with van der Waals surface area (Å²) in [4.78, 5) is 12.0. The molecule has 1 aromatic rings. The third-order valence-corrected chi connectivity index (χ3v) is 4.71. The number of aliphatic hydroxyl groups excluding tert-OH is 1. The highest BCUT2D eigenvalue weighted by Crippen LogP contribution is 2.36. The van der Waals surface area contributed by atoms with Gasteiger partial charge in [-0.25, -0.2) is 4.79 Å². The van der Waals surface area contributed by atoms with E-state index in [9.17, 15) is 4.79 Å². The van der Waals surface area contributed by atoms with E-state index in [0.29, 0.717) is 25.4 Å². The van der Waals surface area contributed by atoms with Gasteiger partial charge in [0.05, 0.1) is 0 Å². The van der Waals surface area contributed by atoms with Gasteiger partial charge in [0.15, 0.2) is 0 Å². The highest BCUT2D eigenvalue weighted by atomic mass is 16.3. The Hall–Kier alpha value is -1.55. The van der Waals surface area contributed by atoms with Crippen molar-refractivity contribution in [2.24, 2.45) is 5.92 Å². The highest BCUT2D eigenvalue weighted by molar-refractivity contribution is 5.74. The number of carbonyl (C=O) groups excluding carboxylic acids is 1. The number of hydrogen-bond donors (Lipinski definition) is 3. The molecule has 0 spiro atoms. The summed E-state index contributed by atoms with van der Waals surface area (Å²) in [6.45, 7) is 5.68. The summed E-state index contributed by atoms with van der Waals surface area (Å²) in [5.74, 6) is 0.293. The van der Waals surface area contributed by atoms with Crippen LogP contribution in [0, 0.1) is 5.92 Å². The fourth-order valence-electron chi connectivity index (χ4n) is 3.24. The molecule has 0 bridgehead atoms. The molecule has 2 rings (SSSR count). The lowest BCUT2D eigenvalue weighted by molar-refractivity contribution is 0.230. The molecule has 1 aliphatic rings. The summed E-state index contributed by atoms with van der Waals surface area (Å²) >= 11 is 0. The Kier molecular flexibility index (Phi) is 5.83. The minimum atomic E-state index is -0.117. The number of aryl methyl sites for hydroxylation is 1. The van der Waals surface area contributed by atoms with E-state index in [1.807, 2.05) is 6.92 Å². The maximum atomic E-state index is 12.0. The number of rotatable bonds is 6. The average molecular weight is 304 g/mol. The van der Waals surface area contributed by atoms with Gasteiger partial charge >= 0.3 is 6.03 Å². The van der Waals surface area contributed by atoms with Crippen LogP contribution in [-0.2, 0) is 11.8 Å². The second-order valence-electron chi connectivity index (χ2n) is 6.75. The summed E-state index contributed by atoms with van der Waals surface area (Å²) in [6, 6.07) is 8.45. The molecule has 122 valence electrons. The summed E-state index contributed by atoms with van der Waals surface area (Å²) in [6.07, 6.45) is 4.12. The van der Waals surface area contributed by atoms with Gasteiger partial charge in [-0.1, -0.05) is 38.1 Å². The van der Waals surface area contributed by atoms with Crippen LogP contribution in [0.1, 0.15) is 44.2 Å². The fourth-order valence-corrected chi connectivity index (χ4v) is 3.24. The minimum Gasteiger partial charge on any atom is -0.396 e. The van der Waals surface area contributed by atoms with Gasteiger partial charge in [0, 0.05) is 25.1 Å². The van der Waals surface area contributed by atoms with E-state index in [1.165, 1.54) is 17.5 Å². The lowest BCUT2D eigenvalue weighted by Crippen LogP contribution is -2.45. The van der Waals surface area contributed by atoms with Crippen molar-refractivity contribution in [1.29, 1.82) is 0 Å². The van der Waals surface area contributed by atoms with Crippen LogP contribution in [0.15, 0.2) is 24.3 Å². The molecule has 0 aliphatic heterocycles. The molecule has 2 unspecified atom stereocenters. The molecule has 0 saturated heterocycles. The van der Waals surface area contributed by atoms with Crippen LogP contribution in [-0.4, -0.2) is 30.8 Å². The zero-order valence-corrected chi connectivity index (χ0v) is 13.7. The van der Waals surface area contributed by atoms with Crippen LogP contribution in [0.2, 0.25) is 0 Å². The average Bonchev–Trinajstić information content (AvgIpc) is 2.52. The zero-order chi connectivity index (χ0) is 16.0. The fraction of sp³-hybridized carbons (Fsp3) is 0.611. The first kappa shape index (κ1) is 16.8. The Bertz CT molecular complexity index is 504. The number of amides is 2. The number of hydrogen-bond acceptors (Lipinski definition) is 2. The molecular formula is C18H28N2O2. The number of fused-ring (bicyclic) bond motifs is 1. The topological polar surface area (TPSA) is 61.4 Å². The summed E-state index contributed by atoms with van der Waals surface area (Å²) in [5, 5.41) is 14.8. The van der Waals surface area contributed by atoms with Crippen LogP contribution in [0.5, 0.6) is 0 Å². The van der Waals surface area contributed by atoms with E-state index in [2.05, 4.69) is 41.8 Å². The van der Waals surface area contributed by atoms with Gasteiger partial charge in [0.25, 0.3) is 0 Å². The van der Waals surface area contributed by atoms with Crippen molar-refractivity contribution < 1.29 is 9.90 Å². The second-order valence-corrected chi connectivity index (χ2v) is 6.75. The summed E-state index contributed by atoms with van der Waals surface area (Å²) < 4.78 is 0. The van der Waals surface area contributed by atoms with Crippen LogP contribution in [0.4, 0.5) is 4.79 Å². The SMILES string of the molecule is CC(CCO)CNC(=O)NCC1(C)CCCc2ccccc21. The van der Waals surface area contributed by atoms with Crippen molar-refractivity contribution >= 4 is 6.03 Å². The van der Waals surface area contributed by atoms with Crippen LogP contribution in [0.25, 0.3) is 0 Å². The lowest BCUT2D eigenvalue weighted by atomic mass is 9.71. The predicted molar refractivity (Wildman–Crippen MR) is 89.0 cm³/mol. The number of urea groups is 1. The maximum absolute atomic E-state index is 12.0. The predicted octanol–water partition coefficient (Wildman–Crippen LogP) is 2.60. The van der Waals surface area contributed by atoms with Crippen molar-refractivity contribution in [3.8, 4) is 0 Å². The normalized spacial score (nSPS) is 21.8. The first-order valence-electron chi connectivity index (χ1n) is 8.26. The van der Waals surface area contributed by atoms with Crippen LogP contribution in [0.3, 0.4) is 0 Å². The Balaban J connectivity index is 1.87. The van der Waals surface area contributed by atoms with E-state index in [0.717, 1.165) is 12.8 Å². The van der Waals surface area contributed by atoms with Gasteiger partial charge in [0.2, 0.25) is 0 Å². The van der Waals surface area contributed by atoms with Crippen LogP contribution >= 0.6 is 0 Å². The minimum absolute atomic E-state index is 0.0168.